The fourth-order valence-corrected chi connectivity index (χ4v) is 3.73. The van der Waals surface area contributed by atoms with Gasteiger partial charge in [-0.1, -0.05) is 35.5 Å². The number of rotatable bonds is 4. The Morgan fingerprint density at radius 3 is 2.65 bits per heavy atom. The van der Waals surface area contributed by atoms with Crippen LogP contribution in [0.2, 0.25) is 0 Å². The quantitative estimate of drug-likeness (QED) is 0.675. The van der Waals surface area contributed by atoms with Crippen molar-refractivity contribution in [1.82, 2.24) is 20.3 Å². The lowest BCUT2D eigenvalue weighted by atomic mass is 10.1. The lowest BCUT2D eigenvalue weighted by Gasteiger charge is -2.36. The van der Waals surface area contributed by atoms with Gasteiger partial charge in [0.15, 0.2) is 5.96 Å². The van der Waals surface area contributed by atoms with Crippen molar-refractivity contribution in [3.63, 3.8) is 0 Å². The molecular formula is C20H27N5O. The standard InChI is InChI=1S/C20H27N5O/c1-15-12-17(23-26-15)14-24-8-10-25(11-9-24)20(21-2)22-19-13-18(19)16-6-4-3-5-7-16/h3-7,12,18-19H,8-11,13-14H2,1-2H3,(H,21,22). The zero-order valence-corrected chi connectivity index (χ0v) is 15.6. The molecule has 2 unspecified atom stereocenters. The van der Waals surface area contributed by atoms with Crippen LogP contribution in [0.25, 0.3) is 0 Å². The molecule has 2 atom stereocenters. The summed E-state index contributed by atoms with van der Waals surface area (Å²) in [7, 11) is 1.88. The Morgan fingerprint density at radius 1 is 1.23 bits per heavy atom. The molecule has 26 heavy (non-hydrogen) atoms. The Morgan fingerprint density at radius 2 is 2.00 bits per heavy atom. The Kier molecular flexibility index (Phi) is 4.93. The fourth-order valence-electron chi connectivity index (χ4n) is 3.73. The predicted molar refractivity (Wildman–Crippen MR) is 102 cm³/mol. The number of guanidine groups is 1. The number of aromatic nitrogens is 1. The van der Waals surface area contributed by atoms with E-state index in [1.165, 1.54) is 12.0 Å². The van der Waals surface area contributed by atoms with Crippen LogP contribution in [0.5, 0.6) is 0 Å². The molecule has 0 spiro atoms. The first-order chi connectivity index (χ1) is 12.7. The predicted octanol–water partition coefficient (Wildman–Crippen LogP) is 2.23. The van der Waals surface area contributed by atoms with Gasteiger partial charge in [-0.25, -0.2) is 0 Å². The van der Waals surface area contributed by atoms with Gasteiger partial charge in [-0.2, -0.15) is 0 Å². The summed E-state index contributed by atoms with van der Waals surface area (Å²) in [5.41, 5.74) is 2.44. The average Bonchev–Trinajstić information content (AvgIpc) is 3.34. The maximum atomic E-state index is 5.16. The number of hydrogen-bond acceptors (Lipinski definition) is 4. The van der Waals surface area contributed by atoms with Gasteiger partial charge in [0.2, 0.25) is 0 Å². The monoisotopic (exact) mass is 353 g/mol. The van der Waals surface area contributed by atoms with Crippen molar-refractivity contribution in [3.05, 3.63) is 53.4 Å². The summed E-state index contributed by atoms with van der Waals surface area (Å²) in [6.07, 6.45) is 1.19. The molecule has 1 saturated carbocycles. The normalized spacial score (nSPS) is 23.9. The summed E-state index contributed by atoms with van der Waals surface area (Å²) in [5.74, 6) is 2.52. The Labute approximate surface area is 154 Å². The topological polar surface area (TPSA) is 56.9 Å². The zero-order valence-electron chi connectivity index (χ0n) is 15.6. The van der Waals surface area contributed by atoms with Crippen molar-refractivity contribution in [3.8, 4) is 0 Å². The molecule has 0 amide bonds. The molecule has 1 aromatic heterocycles. The largest absolute Gasteiger partial charge is 0.361 e. The Balaban J connectivity index is 1.27. The summed E-state index contributed by atoms with van der Waals surface area (Å²) in [6, 6.07) is 13.3. The lowest BCUT2D eigenvalue weighted by Crippen LogP contribution is -2.52. The molecule has 1 aliphatic heterocycles. The molecule has 1 aromatic carbocycles. The maximum absolute atomic E-state index is 5.16. The molecule has 4 rings (SSSR count). The number of aryl methyl sites for hydroxylation is 1. The number of benzene rings is 1. The van der Waals surface area contributed by atoms with Crippen molar-refractivity contribution in [2.24, 2.45) is 4.99 Å². The van der Waals surface area contributed by atoms with Gasteiger partial charge in [-0.05, 0) is 18.9 Å². The highest BCUT2D eigenvalue weighted by molar-refractivity contribution is 5.80. The SMILES string of the molecule is CN=C(NC1CC1c1ccccc1)N1CCN(Cc2cc(C)on2)CC1. The van der Waals surface area contributed by atoms with Crippen molar-refractivity contribution in [1.29, 1.82) is 0 Å². The third-order valence-electron chi connectivity index (χ3n) is 5.28. The molecule has 1 saturated heterocycles. The van der Waals surface area contributed by atoms with Crippen LogP contribution in [0.3, 0.4) is 0 Å². The van der Waals surface area contributed by atoms with E-state index in [0.29, 0.717) is 12.0 Å². The van der Waals surface area contributed by atoms with Crippen molar-refractivity contribution < 1.29 is 4.52 Å². The van der Waals surface area contributed by atoms with Gasteiger partial charge in [0, 0.05) is 57.8 Å². The molecule has 2 heterocycles. The third kappa shape index (κ3) is 3.90. The molecule has 0 radical (unpaired) electrons. The third-order valence-corrected chi connectivity index (χ3v) is 5.28. The highest BCUT2D eigenvalue weighted by atomic mass is 16.5. The summed E-state index contributed by atoms with van der Waals surface area (Å²) >= 11 is 0. The van der Waals surface area contributed by atoms with Crippen LogP contribution in [0.1, 0.15) is 29.4 Å². The van der Waals surface area contributed by atoms with Crippen LogP contribution in [-0.4, -0.2) is 60.2 Å². The van der Waals surface area contributed by atoms with Crippen molar-refractivity contribution >= 4 is 5.96 Å². The van der Waals surface area contributed by atoms with Crippen LogP contribution in [0.4, 0.5) is 0 Å². The van der Waals surface area contributed by atoms with Crippen LogP contribution < -0.4 is 5.32 Å². The Bertz CT molecular complexity index is 749. The summed E-state index contributed by atoms with van der Waals surface area (Å²) in [5, 5.41) is 7.76. The van der Waals surface area contributed by atoms with E-state index in [2.05, 4.69) is 55.6 Å². The van der Waals surface area contributed by atoms with E-state index < -0.39 is 0 Å². The molecule has 6 heteroatoms. The van der Waals surface area contributed by atoms with E-state index in [1.54, 1.807) is 0 Å². The molecular weight excluding hydrogens is 326 g/mol. The van der Waals surface area contributed by atoms with E-state index >= 15 is 0 Å². The van der Waals surface area contributed by atoms with Gasteiger partial charge >= 0.3 is 0 Å². The minimum absolute atomic E-state index is 0.507. The smallest absolute Gasteiger partial charge is 0.193 e. The van der Waals surface area contributed by atoms with E-state index in [-0.39, 0.29) is 0 Å². The van der Waals surface area contributed by atoms with Gasteiger partial charge in [-0.15, -0.1) is 0 Å². The molecule has 0 bridgehead atoms. The number of nitrogens with one attached hydrogen (secondary N) is 1. The molecule has 1 N–H and O–H groups in total. The van der Waals surface area contributed by atoms with E-state index in [9.17, 15) is 0 Å². The molecule has 2 aliphatic rings. The van der Waals surface area contributed by atoms with Crippen molar-refractivity contribution in [2.75, 3.05) is 33.2 Å². The number of piperazine rings is 1. The van der Waals surface area contributed by atoms with Gasteiger partial charge in [0.1, 0.15) is 5.76 Å². The minimum atomic E-state index is 0.507. The number of hydrogen-bond donors (Lipinski definition) is 1. The minimum Gasteiger partial charge on any atom is -0.361 e. The molecule has 138 valence electrons. The number of aliphatic imine (C=N–C) groups is 1. The molecule has 6 nitrogen and oxygen atoms in total. The maximum Gasteiger partial charge on any atom is 0.193 e. The van der Waals surface area contributed by atoms with Crippen LogP contribution in [0, 0.1) is 6.92 Å². The average molecular weight is 353 g/mol. The van der Waals surface area contributed by atoms with E-state index in [4.69, 9.17) is 4.52 Å². The lowest BCUT2D eigenvalue weighted by molar-refractivity contribution is 0.169. The second kappa shape index (κ2) is 7.50. The summed E-state index contributed by atoms with van der Waals surface area (Å²) < 4.78 is 5.16. The molecule has 2 fully saturated rings. The second-order valence-electron chi connectivity index (χ2n) is 7.24. The van der Waals surface area contributed by atoms with Gasteiger partial charge < -0.3 is 14.7 Å². The van der Waals surface area contributed by atoms with Gasteiger partial charge in [0.25, 0.3) is 0 Å². The second-order valence-corrected chi connectivity index (χ2v) is 7.24. The Hall–Kier alpha value is -2.34. The first kappa shape index (κ1) is 17.1. The molecule has 1 aliphatic carbocycles. The fraction of sp³-hybridized carbons (Fsp3) is 0.500. The first-order valence-electron chi connectivity index (χ1n) is 9.40. The highest BCUT2D eigenvalue weighted by Crippen LogP contribution is 2.40. The van der Waals surface area contributed by atoms with Crippen LogP contribution in [-0.2, 0) is 6.54 Å². The summed E-state index contributed by atoms with van der Waals surface area (Å²) in [6.45, 7) is 6.79. The highest BCUT2D eigenvalue weighted by Gasteiger charge is 2.39. The first-order valence-corrected chi connectivity index (χ1v) is 9.40. The van der Waals surface area contributed by atoms with E-state index in [0.717, 1.165) is 50.1 Å². The van der Waals surface area contributed by atoms with E-state index in [1.807, 2.05) is 20.0 Å². The zero-order chi connectivity index (χ0) is 17.9. The molecule has 2 aromatic rings. The summed E-state index contributed by atoms with van der Waals surface area (Å²) in [4.78, 5) is 9.31. The van der Waals surface area contributed by atoms with Gasteiger partial charge in [0.05, 0.1) is 5.69 Å². The number of nitrogens with zero attached hydrogens (tertiary/aromatic N) is 4. The van der Waals surface area contributed by atoms with Crippen LogP contribution >= 0.6 is 0 Å². The van der Waals surface area contributed by atoms with Gasteiger partial charge in [-0.3, -0.25) is 9.89 Å². The van der Waals surface area contributed by atoms with Crippen LogP contribution in [0.15, 0.2) is 45.9 Å². The van der Waals surface area contributed by atoms with Crippen molar-refractivity contribution in [2.45, 2.75) is 31.8 Å².